The molecule has 0 bridgehead atoms. The van der Waals surface area contributed by atoms with Crippen LogP contribution in [0.25, 0.3) is 39.0 Å². The quantitative estimate of drug-likeness (QED) is 0.156. The molecule has 0 saturated heterocycles. The number of para-hydroxylation sites is 2. The van der Waals surface area contributed by atoms with Crippen LogP contribution in [0.2, 0.25) is 0 Å². The molecule has 3 aromatic heterocycles. The molecule has 6 nitrogen and oxygen atoms in total. The van der Waals surface area contributed by atoms with Gasteiger partial charge in [-0.1, -0.05) is 125 Å². The van der Waals surface area contributed by atoms with Crippen LogP contribution in [0.3, 0.4) is 0 Å². The zero-order valence-electron chi connectivity index (χ0n) is 32.1. The van der Waals surface area contributed by atoms with Gasteiger partial charge in [0.15, 0.2) is 0 Å². The molecular formula is C48H42N5OPt-3. The predicted octanol–water partition coefficient (Wildman–Crippen LogP) is 11.8. The maximum absolute atomic E-state index is 6.76. The Morgan fingerprint density at radius 3 is 2.24 bits per heavy atom. The fourth-order valence-corrected chi connectivity index (χ4v) is 7.59. The minimum absolute atomic E-state index is 0. The van der Waals surface area contributed by atoms with Crippen LogP contribution in [-0.4, -0.2) is 19.1 Å². The van der Waals surface area contributed by atoms with Crippen LogP contribution < -0.4 is 9.64 Å². The number of fused-ring (bicyclic) bond motifs is 6. The zero-order chi connectivity index (χ0) is 37.4. The zero-order valence-corrected chi connectivity index (χ0v) is 34.4. The van der Waals surface area contributed by atoms with Gasteiger partial charge in [-0.2, -0.15) is 6.07 Å². The van der Waals surface area contributed by atoms with Crippen molar-refractivity contribution in [1.82, 2.24) is 19.1 Å². The molecule has 0 atom stereocenters. The summed E-state index contributed by atoms with van der Waals surface area (Å²) in [6.07, 6.45) is 1.91. The van der Waals surface area contributed by atoms with Gasteiger partial charge < -0.3 is 23.8 Å². The summed E-state index contributed by atoms with van der Waals surface area (Å²) in [6.45, 7) is 17.5. The SMILES string of the molecule is Cc1nc2n(c1C)[CH-]N(c1[c-]c(Oc3[c-]c4c(cc3)c3ccccc3n4-c3cc(C(C)(C)c4ccccc4)ccn3)cc(C(C)(C)C)c1)c1ccccc1-2.[Pt]. The number of imidazole rings is 1. The molecule has 5 aromatic carbocycles. The van der Waals surface area contributed by atoms with Crippen molar-refractivity contribution in [2.75, 3.05) is 4.90 Å². The Kier molecular flexibility index (Phi) is 9.01. The van der Waals surface area contributed by atoms with E-state index in [1.165, 1.54) is 11.1 Å². The third kappa shape index (κ3) is 6.23. The van der Waals surface area contributed by atoms with Crippen molar-refractivity contribution in [3.05, 3.63) is 168 Å². The van der Waals surface area contributed by atoms with E-state index in [-0.39, 0.29) is 31.9 Å². The minimum Gasteiger partial charge on any atom is -0.509 e. The summed E-state index contributed by atoms with van der Waals surface area (Å²) >= 11 is 0. The van der Waals surface area contributed by atoms with Gasteiger partial charge in [0, 0.05) is 61.2 Å². The van der Waals surface area contributed by atoms with Crippen molar-refractivity contribution in [3.8, 4) is 28.7 Å². The Labute approximate surface area is 337 Å². The molecule has 9 rings (SSSR count). The first-order chi connectivity index (χ1) is 26.0. The van der Waals surface area contributed by atoms with Crippen molar-refractivity contribution in [2.45, 2.75) is 59.3 Å². The van der Waals surface area contributed by atoms with Crippen LogP contribution in [0.15, 0.2) is 121 Å². The first-order valence-electron chi connectivity index (χ1n) is 18.5. The van der Waals surface area contributed by atoms with Gasteiger partial charge in [0.05, 0.1) is 0 Å². The predicted molar refractivity (Wildman–Crippen MR) is 219 cm³/mol. The second-order valence-electron chi connectivity index (χ2n) is 15.8. The summed E-state index contributed by atoms with van der Waals surface area (Å²) in [5.41, 5.74) is 10.3. The molecule has 0 saturated carbocycles. The molecule has 0 radical (unpaired) electrons. The number of pyridine rings is 1. The van der Waals surface area contributed by atoms with Gasteiger partial charge >= 0.3 is 0 Å². The van der Waals surface area contributed by atoms with Gasteiger partial charge in [0.2, 0.25) is 0 Å². The van der Waals surface area contributed by atoms with E-state index >= 15 is 0 Å². The van der Waals surface area contributed by atoms with Crippen molar-refractivity contribution < 1.29 is 25.8 Å². The molecule has 0 amide bonds. The number of hydrogen-bond acceptors (Lipinski definition) is 4. The van der Waals surface area contributed by atoms with Gasteiger partial charge in [-0.3, -0.25) is 0 Å². The average Bonchev–Trinajstić information content (AvgIpc) is 3.66. The monoisotopic (exact) mass is 899 g/mol. The van der Waals surface area contributed by atoms with Gasteiger partial charge in [0.1, 0.15) is 5.82 Å². The Morgan fingerprint density at radius 1 is 0.691 bits per heavy atom. The summed E-state index contributed by atoms with van der Waals surface area (Å²) in [6, 6.07) is 47.6. The molecular weight excluding hydrogens is 858 g/mol. The molecule has 278 valence electrons. The molecule has 4 heterocycles. The van der Waals surface area contributed by atoms with Gasteiger partial charge in [-0.15, -0.1) is 41.3 Å². The number of aryl methyl sites for hydroxylation is 1. The van der Waals surface area contributed by atoms with Gasteiger partial charge in [-0.05, 0) is 71.0 Å². The van der Waals surface area contributed by atoms with Gasteiger partial charge in [0.25, 0.3) is 0 Å². The molecule has 0 N–H and O–H groups in total. The second-order valence-corrected chi connectivity index (χ2v) is 15.8. The third-order valence-electron chi connectivity index (χ3n) is 10.9. The van der Waals surface area contributed by atoms with Gasteiger partial charge in [-0.25, -0.2) is 4.98 Å². The summed E-state index contributed by atoms with van der Waals surface area (Å²) in [4.78, 5) is 12.0. The number of benzene rings is 5. The number of hydrogen-bond donors (Lipinski definition) is 0. The number of ether oxygens (including phenoxy) is 1. The summed E-state index contributed by atoms with van der Waals surface area (Å²) < 4.78 is 11.1. The van der Waals surface area contributed by atoms with Crippen molar-refractivity contribution in [1.29, 1.82) is 0 Å². The molecule has 1 aliphatic heterocycles. The fourth-order valence-electron chi connectivity index (χ4n) is 7.59. The molecule has 0 unspecified atom stereocenters. The average molecular weight is 900 g/mol. The van der Waals surface area contributed by atoms with Crippen LogP contribution in [0.1, 0.15) is 62.7 Å². The van der Waals surface area contributed by atoms with Crippen molar-refractivity contribution in [2.24, 2.45) is 0 Å². The van der Waals surface area contributed by atoms with Crippen LogP contribution >= 0.6 is 0 Å². The summed E-state index contributed by atoms with van der Waals surface area (Å²) in [7, 11) is 0. The normalized spacial score (nSPS) is 12.6. The Morgan fingerprint density at radius 2 is 1.44 bits per heavy atom. The van der Waals surface area contributed by atoms with E-state index in [4.69, 9.17) is 14.7 Å². The Balaban J connectivity index is 0.00000427. The first-order valence-corrected chi connectivity index (χ1v) is 18.5. The topological polar surface area (TPSA) is 48.1 Å². The van der Waals surface area contributed by atoms with Crippen LogP contribution in [0.5, 0.6) is 11.5 Å². The standard InChI is InChI=1S/C48H42N5O.Pt/c1-31-32(2)51-30-52(42-19-13-12-18-41(42)46(51)50-31)36-25-35(47(3,4)5)26-38(28-36)54-37-21-22-40-39-17-11-14-20-43(39)53(44(40)29-37)45-27-34(23-24-49-45)48(6,7)33-15-9-8-10-16-33;/h8-27,30H,1-7H3;/q-3;. The fraction of sp³-hybridized carbons (Fsp3) is 0.188. The molecule has 8 aromatic rings. The third-order valence-corrected chi connectivity index (χ3v) is 10.9. The molecule has 7 heteroatoms. The Hall–Kier alpha value is -5.58. The van der Waals surface area contributed by atoms with Crippen LogP contribution in [0.4, 0.5) is 11.4 Å². The van der Waals surface area contributed by atoms with Crippen LogP contribution in [0, 0.1) is 32.6 Å². The van der Waals surface area contributed by atoms with E-state index in [0.717, 1.165) is 67.3 Å². The van der Waals surface area contributed by atoms with E-state index < -0.39 is 0 Å². The van der Waals surface area contributed by atoms with E-state index in [9.17, 15) is 0 Å². The van der Waals surface area contributed by atoms with Crippen LogP contribution in [-0.2, 0) is 31.9 Å². The smallest absolute Gasteiger partial charge is 0.135 e. The minimum atomic E-state index is -0.218. The van der Waals surface area contributed by atoms with E-state index in [2.05, 4.69) is 190 Å². The summed E-state index contributed by atoms with van der Waals surface area (Å²) in [5.74, 6) is 3.01. The number of aromatic nitrogens is 4. The maximum Gasteiger partial charge on any atom is 0.135 e. The largest absolute Gasteiger partial charge is 0.509 e. The van der Waals surface area contributed by atoms with E-state index in [1.54, 1.807) is 0 Å². The molecule has 0 aliphatic carbocycles. The molecule has 0 spiro atoms. The molecule has 0 fully saturated rings. The first kappa shape index (κ1) is 36.4. The van der Waals surface area contributed by atoms with Crippen molar-refractivity contribution in [3.63, 3.8) is 0 Å². The number of rotatable bonds is 6. The number of anilines is 2. The molecule has 55 heavy (non-hydrogen) atoms. The maximum atomic E-state index is 6.76. The Bertz CT molecular complexity index is 2720. The van der Waals surface area contributed by atoms with Crippen molar-refractivity contribution >= 4 is 33.2 Å². The van der Waals surface area contributed by atoms with E-state index in [0.29, 0.717) is 11.5 Å². The number of nitrogens with zero attached hydrogens (tertiary/aromatic N) is 5. The van der Waals surface area contributed by atoms with E-state index in [1.807, 2.05) is 12.3 Å². The summed E-state index contributed by atoms with van der Waals surface area (Å²) in [5, 5.41) is 2.22. The second kappa shape index (κ2) is 13.6. The molecule has 1 aliphatic rings.